The Morgan fingerprint density at radius 2 is 2.00 bits per heavy atom. The number of carbonyl (C=O) groups excluding carboxylic acids is 1. The van der Waals surface area contributed by atoms with Crippen LogP contribution in [0.2, 0.25) is 0 Å². The molecule has 1 aliphatic rings. The number of furan rings is 1. The highest BCUT2D eigenvalue weighted by molar-refractivity contribution is 9.10. The van der Waals surface area contributed by atoms with Gasteiger partial charge in [-0.05, 0) is 65.9 Å². The highest BCUT2D eigenvalue weighted by Crippen LogP contribution is 2.34. The standard InChI is InChI=1S/C22H15BrFN3O3S/c23-16-5-8-19(28)15(11-16)12-25-26-22-27(13-18-2-1-9-30-18)21(29)20(31-22)10-14-3-6-17(24)7-4-14/h1-12,28H,13H2/b20-10-,25-12-,26-22+. The van der Waals surface area contributed by atoms with Gasteiger partial charge >= 0.3 is 0 Å². The average molecular weight is 500 g/mol. The number of phenolic OH excluding ortho intramolecular Hbond substituents is 1. The van der Waals surface area contributed by atoms with Crippen LogP contribution in [0.5, 0.6) is 5.75 Å². The van der Waals surface area contributed by atoms with Gasteiger partial charge < -0.3 is 9.52 Å². The third kappa shape index (κ3) is 5.12. The van der Waals surface area contributed by atoms with Gasteiger partial charge in [-0.3, -0.25) is 9.69 Å². The molecule has 156 valence electrons. The number of amides is 1. The van der Waals surface area contributed by atoms with E-state index >= 15 is 0 Å². The van der Waals surface area contributed by atoms with Gasteiger partial charge in [-0.15, -0.1) is 5.10 Å². The minimum atomic E-state index is -0.348. The van der Waals surface area contributed by atoms with Gasteiger partial charge in [-0.25, -0.2) is 4.39 Å². The van der Waals surface area contributed by atoms with Crippen LogP contribution in [0.25, 0.3) is 6.08 Å². The van der Waals surface area contributed by atoms with Crippen molar-refractivity contribution < 1.29 is 18.7 Å². The zero-order valence-electron chi connectivity index (χ0n) is 15.9. The molecule has 1 fully saturated rings. The fourth-order valence-electron chi connectivity index (χ4n) is 2.76. The van der Waals surface area contributed by atoms with Gasteiger partial charge in [0.2, 0.25) is 0 Å². The SMILES string of the molecule is O=C1/C(=C/c2ccc(F)cc2)S/C(=N/N=C\c2cc(Br)ccc2O)N1Cc1ccco1. The molecule has 31 heavy (non-hydrogen) atoms. The first-order valence-corrected chi connectivity index (χ1v) is 10.7. The lowest BCUT2D eigenvalue weighted by molar-refractivity contribution is -0.122. The van der Waals surface area contributed by atoms with Crippen molar-refractivity contribution in [2.75, 3.05) is 0 Å². The third-order valence-electron chi connectivity index (χ3n) is 4.28. The van der Waals surface area contributed by atoms with Crippen molar-refractivity contribution in [3.05, 3.63) is 92.9 Å². The number of benzene rings is 2. The van der Waals surface area contributed by atoms with E-state index in [1.54, 1.807) is 48.5 Å². The molecule has 0 atom stereocenters. The van der Waals surface area contributed by atoms with Gasteiger partial charge in [0, 0.05) is 10.0 Å². The van der Waals surface area contributed by atoms with Crippen molar-refractivity contribution in [1.29, 1.82) is 0 Å². The van der Waals surface area contributed by atoms with Gasteiger partial charge in [0.1, 0.15) is 17.3 Å². The van der Waals surface area contributed by atoms with Crippen molar-refractivity contribution in [1.82, 2.24) is 4.90 Å². The summed E-state index contributed by atoms with van der Waals surface area (Å²) in [4.78, 5) is 14.9. The largest absolute Gasteiger partial charge is 0.507 e. The Morgan fingerprint density at radius 1 is 1.19 bits per heavy atom. The second kappa shape index (κ2) is 9.32. The van der Waals surface area contributed by atoms with Crippen LogP contribution in [0.1, 0.15) is 16.9 Å². The van der Waals surface area contributed by atoms with Crippen LogP contribution in [-0.2, 0) is 11.3 Å². The van der Waals surface area contributed by atoms with Crippen molar-refractivity contribution in [2.45, 2.75) is 6.54 Å². The maximum Gasteiger partial charge on any atom is 0.267 e. The average Bonchev–Trinajstić information content (AvgIpc) is 3.36. The fraction of sp³-hybridized carbons (Fsp3) is 0.0455. The highest BCUT2D eigenvalue weighted by Gasteiger charge is 2.34. The first kappa shape index (κ1) is 21.1. The van der Waals surface area contributed by atoms with Crippen molar-refractivity contribution >= 4 is 51.1 Å². The molecule has 0 radical (unpaired) electrons. The number of hydrogen-bond acceptors (Lipinski definition) is 6. The predicted molar refractivity (Wildman–Crippen MR) is 122 cm³/mol. The lowest BCUT2D eigenvalue weighted by Gasteiger charge is -2.12. The number of phenols is 1. The van der Waals surface area contributed by atoms with Gasteiger partial charge in [0.25, 0.3) is 5.91 Å². The summed E-state index contributed by atoms with van der Waals surface area (Å²) in [5.74, 6) is 0.0503. The molecule has 3 aromatic rings. The minimum Gasteiger partial charge on any atom is -0.507 e. The molecule has 9 heteroatoms. The fourth-order valence-corrected chi connectivity index (χ4v) is 4.07. The first-order valence-electron chi connectivity index (χ1n) is 9.08. The van der Waals surface area contributed by atoms with Gasteiger partial charge in [0.15, 0.2) is 5.17 Å². The number of carbonyl (C=O) groups is 1. The van der Waals surface area contributed by atoms with E-state index in [4.69, 9.17) is 4.42 Å². The lowest BCUT2D eigenvalue weighted by atomic mass is 10.2. The number of halogens is 2. The van der Waals surface area contributed by atoms with E-state index in [0.717, 1.165) is 16.2 Å². The zero-order chi connectivity index (χ0) is 21.8. The summed E-state index contributed by atoms with van der Waals surface area (Å²) in [6.45, 7) is 0.191. The number of amidine groups is 1. The maximum atomic E-state index is 13.2. The number of aromatic hydroxyl groups is 1. The van der Waals surface area contributed by atoms with E-state index in [1.807, 2.05) is 0 Å². The lowest BCUT2D eigenvalue weighted by Crippen LogP contribution is -2.28. The molecule has 1 aliphatic heterocycles. The maximum absolute atomic E-state index is 13.2. The second-order valence-electron chi connectivity index (χ2n) is 6.46. The number of hydrogen-bond donors (Lipinski definition) is 1. The van der Waals surface area contributed by atoms with Crippen LogP contribution in [0.3, 0.4) is 0 Å². The molecule has 2 aromatic carbocycles. The molecule has 0 saturated carbocycles. The molecule has 1 saturated heterocycles. The van der Waals surface area contributed by atoms with E-state index in [9.17, 15) is 14.3 Å². The normalized spacial score (nSPS) is 16.8. The number of rotatable bonds is 5. The molecule has 0 spiro atoms. The van der Waals surface area contributed by atoms with Crippen LogP contribution in [0.4, 0.5) is 4.39 Å². The molecular formula is C22H15BrFN3O3S. The van der Waals surface area contributed by atoms with Crippen molar-refractivity contribution in [2.24, 2.45) is 10.2 Å². The van der Waals surface area contributed by atoms with Gasteiger partial charge in [-0.2, -0.15) is 5.10 Å². The monoisotopic (exact) mass is 499 g/mol. The van der Waals surface area contributed by atoms with E-state index in [2.05, 4.69) is 26.1 Å². The Labute approximate surface area is 189 Å². The number of thioether (sulfide) groups is 1. The highest BCUT2D eigenvalue weighted by atomic mass is 79.9. The van der Waals surface area contributed by atoms with E-state index in [-0.39, 0.29) is 24.0 Å². The second-order valence-corrected chi connectivity index (χ2v) is 8.39. The van der Waals surface area contributed by atoms with E-state index in [0.29, 0.717) is 27.0 Å². The van der Waals surface area contributed by atoms with Crippen LogP contribution in [-0.4, -0.2) is 27.3 Å². The molecule has 0 unspecified atom stereocenters. The van der Waals surface area contributed by atoms with Gasteiger partial charge in [0.05, 0.1) is 23.9 Å². The number of nitrogens with zero attached hydrogens (tertiary/aromatic N) is 3. The Balaban J connectivity index is 1.63. The Bertz CT molecular complexity index is 1190. The summed E-state index contributed by atoms with van der Waals surface area (Å²) in [5, 5.41) is 18.5. The van der Waals surface area contributed by atoms with Crippen molar-refractivity contribution in [3.63, 3.8) is 0 Å². The topological polar surface area (TPSA) is 78.4 Å². The molecular weight excluding hydrogens is 485 g/mol. The van der Waals surface area contributed by atoms with Crippen LogP contribution < -0.4 is 0 Å². The molecule has 1 aromatic heterocycles. The van der Waals surface area contributed by atoms with Gasteiger partial charge in [-0.1, -0.05) is 28.1 Å². The smallest absolute Gasteiger partial charge is 0.267 e. The molecule has 0 bridgehead atoms. The summed E-state index contributed by atoms with van der Waals surface area (Å²) in [5.41, 5.74) is 1.17. The van der Waals surface area contributed by atoms with E-state index < -0.39 is 0 Å². The van der Waals surface area contributed by atoms with E-state index in [1.165, 1.54) is 29.5 Å². The molecule has 0 aliphatic carbocycles. The van der Waals surface area contributed by atoms with Crippen molar-refractivity contribution in [3.8, 4) is 5.75 Å². The third-order valence-corrected chi connectivity index (χ3v) is 5.77. The predicted octanol–water partition coefficient (Wildman–Crippen LogP) is 5.39. The Kier molecular flexibility index (Phi) is 6.34. The van der Waals surface area contributed by atoms with Crippen LogP contribution in [0, 0.1) is 5.82 Å². The Hall–Kier alpha value is -3.17. The first-order chi connectivity index (χ1) is 15.0. The zero-order valence-corrected chi connectivity index (χ0v) is 18.3. The summed E-state index contributed by atoms with van der Waals surface area (Å²) in [6, 6.07) is 14.3. The quantitative estimate of drug-likeness (QED) is 0.289. The summed E-state index contributed by atoms with van der Waals surface area (Å²) in [7, 11) is 0. The molecule has 1 amide bonds. The van der Waals surface area contributed by atoms with Crippen LogP contribution in [0.15, 0.2) is 84.9 Å². The Morgan fingerprint density at radius 3 is 2.74 bits per heavy atom. The molecule has 4 rings (SSSR count). The minimum absolute atomic E-state index is 0.0617. The summed E-state index contributed by atoms with van der Waals surface area (Å²) >= 11 is 4.50. The van der Waals surface area contributed by atoms with Crippen LogP contribution >= 0.6 is 27.7 Å². The molecule has 1 N–H and O–H groups in total. The summed E-state index contributed by atoms with van der Waals surface area (Å²) in [6.07, 6.45) is 4.61. The summed E-state index contributed by atoms with van der Waals surface area (Å²) < 4.78 is 19.3. The molecule has 2 heterocycles. The molecule has 6 nitrogen and oxygen atoms in total.